The van der Waals surface area contributed by atoms with Gasteiger partial charge in [0.1, 0.15) is 0 Å². The number of hydrogen-bond donors (Lipinski definition) is 1. The maximum atomic E-state index is 4.99. The van der Waals surface area contributed by atoms with Crippen molar-refractivity contribution >= 4 is 22.2 Å². The largest absolute Gasteiger partial charge is 0.326 e. The summed E-state index contributed by atoms with van der Waals surface area (Å²) in [5.74, 6) is 1.79. The van der Waals surface area contributed by atoms with Gasteiger partial charge in [-0.05, 0) is 50.8 Å². The number of anilines is 2. The van der Waals surface area contributed by atoms with Gasteiger partial charge in [-0.15, -0.1) is 0 Å². The molecule has 0 aliphatic carbocycles. The molecule has 1 N–H and O–H groups in total. The second-order valence-electron chi connectivity index (χ2n) is 9.31. The number of nitrogens with one attached hydrogen (secondary N) is 1. The van der Waals surface area contributed by atoms with E-state index in [2.05, 4.69) is 107 Å². The van der Waals surface area contributed by atoms with Gasteiger partial charge < -0.3 is 5.32 Å². The minimum absolute atomic E-state index is 0.443. The van der Waals surface area contributed by atoms with Crippen LogP contribution in [-0.4, -0.2) is 5.10 Å². The van der Waals surface area contributed by atoms with Crippen LogP contribution in [-0.2, 0) is 0 Å². The Labute approximate surface area is 186 Å². The normalized spacial score (nSPS) is 11.9. The average Bonchev–Trinajstić information content (AvgIpc) is 3.15. The van der Waals surface area contributed by atoms with Gasteiger partial charge in [0.2, 0.25) is 5.69 Å². The molecular formula is C26H36N3S+. The van der Waals surface area contributed by atoms with E-state index in [1.807, 2.05) is 0 Å². The summed E-state index contributed by atoms with van der Waals surface area (Å²) < 4.78 is 2.07. The minimum Gasteiger partial charge on any atom is -0.326 e. The number of hydrogen-bond acceptors (Lipinski definition) is 3. The fourth-order valence-electron chi connectivity index (χ4n) is 3.98. The summed E-state index contributed by atoms with van der Waals surface area (Å²) in [5.41, 5.74) is 9.93. The minimum atomic E-state index is 0.443. The van der Waals surface area contributed by atoms with Crippen molar-refractivity contribution in [3.63, 3.8) is 0 Å². The van der Waals surface area contributed by atoms with Gasteiger partial charge >= 0.3 is 0 Å². The van der Waals surface area contributed by atoms with Gasteiger partial charge in [-0.25, -0.2) is 0 Å². The van der Waals surface area contributed by atoms with Crippen LogP contribution in [0.5, 0.6) is 0 Å². The number of aromatic nitrogens is 2. The number of para-hydroxylation sites is 2. The zero-order valence-electron chi connectivity index (χ0n) is 19.7. The van der Waals surface area contributed by atoms with Crippen LogP contribution in [0.25, 0.3) is 5.69 Å². The topological polar surface area (TPSA) is 28.8 Å². The van der Waals surface area contributed by atoms with E-state index >= 15 is 0 Å². The summed E-state index contributed by atoms with van der Waals surface area (Å²) in [4.78, 5) is 0. The molecule has 4 heteroatoms. The Bertz CT molecular complexity index is 947. The first kappa shape index (κ1) is 22.5. The number of nitrogens with zero attached hydrogens (tertiary/aromatic N) is 2. The van der Waals surface area contributed by atoms with Crippen molar-refractivity contribution in [3.05, 3.63) is 64.2 Å². The van der Waals surface area contributed by atoms with Crippen LogP contribution in [0.15, 0.2) is 41.9 Å². The lowest BCUT2D eigenvalue weighted by atomic mass is 9.93. The van der Waals surface area contributed by atoms with Crippen LogP contribution in [0, 0.1) is 0 Å². The highest BCUT2D eigenvalue weighted by atomic mass is 32.1. The van der Waals surface area contributed by atoms with E-state index in [1.165, 1.54) is 33.6 Å². The van der Waals surface area contributed by atoms with Gasteiger partial charge in [0.25, 0.3) is 10.6 Å². The van der Waals surface area contributed by atoms with E-state index in [-0.39, 0.29) is 0 Å². The Hall–Kier alpha value is -2.20. The molecule has 0 radical (unpaired) electrons. The highest BCUT2D eigenvalue weighted by molar-refractivity contribution is 7.13. The first-order chi connectivity index (χ1) is 14.2. The van der Waals surface area contributed by atoms with Gasteiger partial charge in [-0.1, -0.05) is 91.8 Å². The molecule has 0 amide bonds. The van der Waals surface area contributed by atoms with E-state index in [1.54, 1.807) is 11.3 Å². The average molecular weight is 423 g/mol. The third-order valence-electron chi connectivity index (χ3n) is 5.64. The Morgan fingerprint density at radius 1 is 0.700 bits per heavy atom. The van der Waals surface area contributed by atoms with Crippen LogP contribution >= 0.6 is 11.3 Å². The molecule has 0 bridgehead atoms. The molecule has 0 aliphatic heterocycles. The molecule has 0 atom stereocenters. The first-order valence-corrected chi connectivity index (χ1v) is 12.0. The van der Waals surface area contributed by atoms with Crippen LogP contribution in [0.1, 0.15) is 101 Å². The van der Waals surface area contributed by atoms with Crippen molar-refractivity contribution < 1.29 is 4.68 Å². The first-order valence-electron chi connectivity index (χ1n) is 11.1. The van der Waals surface area contributed by atoms with Gasteiger partial charge in [-0.3, -0.25) is 0 Å². The second kappa shape index (κ2) is 9.30. The Kier molecular flexibility index (Phi) is 6.97. The van der Waals surface area contributed by atoms with Gasteiger partial charge in [0.05, 0.1) is 0 Å². The Balaban J connectivity index is 2.07. The number of rotatable bonds is 7. The summed E-state index contributed by atoms with van der Waals surface area (Å²) >= 11 is 1.66. The SMILES string of the molecule is CC(C)c1cccc(C(C)C)c1Nc1n[n+](-c2c(C(C)C)cccc2C(C)C)cs1. The Morgan fingerprint density at radius 2 is 1.13 bits per heavy atom. The van der Waals surface area contributed by atoms with Crippen LogP contribution in [0.2, 0.25) is 0 Å². The highest BCUT2D eigenvalue weighted by Crippen LogP contribution is 2.35. The summed E-state index contributed by atoms with van der Waals surface area (Å²) in [7, 11) is 0. The quantitative estimate of drug-likeness (QED) is 0.396. The van der Waals surface area contributed by atoms with Crippen LogP contribution in [0.3, 0.4) is 0 Å². The van der Waals surface area contributed by atoms with Crippen molar-refractivity contribution in [2.45, 2.75) is 79.1 Å². The predicted octanol–water partition coefficient (Wildman–Crippen LogP) is 7.66. The van der Waals surface area contributed by atoms with Gasteiger partial charge in [-0.2, -0.15) is 0 Å². The van der Waals surface area contributed by atoms with Crippen molar-refractivity contribution in [3.8, 4) is 5.69 Å². The molecule has 1 aromatic heterocycles. The van der Waals surface area contributed by atoms with Crippen molar-refractivity contribution in [1.29, 1.82) is 0 Å². The molecule has 0 fully saturated rings. The molecule has 0 unspecified atom stereocenters. The van der Waals surface area contributed by atoms with E-state index < -0.39 is 0 Å². The maximum absolute atomic E-state index is 4.99. The van der Waals surface area contributed by atoms with Crippen molar-refractivity contribution in [1.82, 2.24) is 5.10 Å². The lowest BCUT2D eigenvalue weighted by molar-refractivity contribution is -0.653. The van der Waals surface area contributed by atoms with E-state index in [4.69, 9.17) is 5.10 Å². The van der Waals surface area contributed by atoms with Crippen molar-refractivity contribution in [2.24, 2.45) is 0 Å². The molecule has 2 aromatic carbocycles. The summed E-state index contributed by atoms with van der Waals surface area (Å²) in [6, 6.07) is 13.3. The van der Waals surface area contributed by atoms with E-state index in [0.29, 0.717) is 23.7 Å². The zero-order chi connectivity index (χ0) is 22.0. The van der Waals surface area contributed by atoms with Gasteiger partial charge in [0, 0.05) is 21.9 Å². The third-order valence-corrected chi connectivity index (χ3v) is 6.35. The second-order valence-corrected chi connectivity index (χ2v) is 10.1. The third kappa shape index (κ3) is 4.59. The fourth-order valence-corrected chi connectivity index (χ4v) is 4.63. The molecule has 3 aromatic rings. The standard InChI is InChI=1S/C26H36N3S/c1-16(2)20-11-9-12-21(17(3)4)24(20)27-26-28-29(15-30-26)25-22(18(5)6)13-10-14-23(25)19(7)8/h9-19H,1-8H3,(H,27,28)/q+1. The fraction of sp³-hybridized carbons (Fsp3) is 0.462. The monoisotopic (exact) mass is 422 g/mol. The molecule has 1 heterocycles. The molecule has 3 rings (SSSR count). The summed E-state index contributed by atoms with van der Waals surface area (Å²) in [6.07, 6.45) is 0. The Morgan fingerprint density at radius 3 is 1.57 bits per heavy atom. The molecule has 160 valence electrons. The lowest BCUT2D eigenvalue weighted by Crippen LogP contribution is -2.35. The maximum Gasteiger partial charge on any atom is 0.261 e. The summed E-state index contributed by atoms with van der Waals surface area (Å²) in [6.45, 7) is 18.0. The molecule has 0 aliphatic rings. The molecule has 0 saturated heterocycles. The summed E-state index contributed by atoms with van der Waals surface area (Å²) in [5, 5.41) is 9.59. The zero-order valence-corrected chi connectivity index (χ0v) is 20.5. The van der Waals surface area contributed by atoms with Crippen molar-refractivity contribution in [2.75, 3.05) is 5.32 Å². The predicted molar refractivity (Wildman–Crippen MR) is 130 cm³/mol. The molecular weight excluding hydrogens is 386 g/mol. The molecule has 30 heavy (non-hydrogen) atoms. The van der Waals surface area contributed by atoms with Gasteiger partial charge in [0.15, 0.2) is 0 Å². The number of benzene rings is 2. The molecule has 0 spiro atoms. The molecule has 3 nitrogen and oxygen atoms in total. The van der Waals surface area contributed by atoms with E-state index in [9.17, 15) is 0 Å². The van der Waals surface area contributed by atoms with Crippen LogP contribution < -0.4 is 10.00 Å². The van der Waals surface area contributed by atoms with Crippen LogP contribution in [0.4, 0.5) is 10.8 Å². The smallest absolute Gasteiger partial charge is 0.261 e. The van der Waals surface area contributed by atoms with E-state index in [0.717, 1.165) is 5.13 Å². The highest BCUT2D eigenvalue weighted by Gasteiger charge is 2.25. The lowest BCUT2D eigenvalue weighted by Gasteiger charge is -2.19. The molecule has 0 saturated carbocycles.